The number of rotatable bonds is 8. The molecule has 0 radical (unpaired) electrons. The first-order valence-corrected chi connectivity index (χ1v) is 17.9. The van der Waals surface area contributed by atoms with Crippen LogP contribution in [0.5, 0.6) is 0 Å². The first-order valence-electron chi connectivity index (χ1n) is 15.3. The van der Waals surface area contributed by atoms with Gasteiger partial charge in [-0.1, -0.05) is 53.5 Å². The van der Waals surface area contributed by atoms with E-state index in [0.717, 1.165) is 11.1 Å². The SMILES string of the molecule is CC(C)(C)OC(=O)N1CCC(NC(=O)c2cccc(N(C3CN(C(c4ccc(Cl)cc4)c4ccc(Cl)cc4)C3)S(C)(=O)=O)c2)CC1. The molecule has 46 heavy (non-hydrogen) atoms. The third-order valence-corrected chi connectivity index (χ3v) is 9.89. The number of halogens is 2. The number of nitrogens with zero attached hydrogens (tertiary/aromatic N) is 3. The van der Waals surface area contributed by atoms with Crippen LogP contribution < -0.4 is 9.62 Å². The van der Waals surface area contributed by atoms with Gasteiger partial charge in [0.1, 0.15) is 5.60 Å². The molecule has 9 nitrogen and oxygen atoms in total. The molecule has 0 bridgehead atoms. The third-order valence-electron chi connectivity index (χ3n) is 8.16. The second-order valence-corrected chi connectivity index (χ2v) is 15.7. The monoisotopic (exact) mass is 686 g/mol. The van der Waals surface area contributed by atoms with Crippen molar-refractivity contribution in [3.63, 3.8) is 0 Å². The van der Waals surface area contributed by atoms with Gasteiger partial charge in [0.15, 0.2) is 0 Å². The molecule has 12 heteroatoms. The molecule has 2 aliphatic rings. The number of carbonyl (C=O) groups excluding carboxylic acids is 2. The molecule has 2 fully saturated rings. The van der Waals surface area contributed by atoms with E-state index in [1.54, 1.807) is 29.2 Å². The number of hydrogen-bond acceptors (Lipinski definition) is 6. The van der Waals surface area contributed by atoms with Crippen LogP contribution in [-0.4, -0.2) is 80.3 Å². The zero-order valence-corrected chi connectivity index (χ0v) is 28.8. The summed E-state index contributed by atoms with van der Waals surface area (Å²) < 4.78 is 33.2. The number of anilines is 1. The molecule has 0 unspecified atom stereocenters. The van der Waals surface area contributed by atoms with E-state index in [4.69, 9.17) is 27.9 Å². The highest BCUT2D eigenvalue weighted by Crippen LogP contribution is 2.37. The van der Waals surface area contributed by atoms with E-state index >= 15 is 0 Å². The van der Waals surface area contributed by atoms with Crippen LogP contribution in [-0.2, 0) is 14.8 Å². The molecule has 0 saturated carbocycles. The lowest BCUT2D eigenvalue weighted by molar-refractivity contribution is 0.0199. The summed E-state index contributed by atoms with van der Waals surface area (Å²) in [6.07, 6.45) is 2.03. The molecule has 0 atom stereocenters. The summed E-state index contributed by atoms with van der Waals surface area (Å²) >= 11 is 12.3. The smallest absolute Gasteiger partial charge is 0.410 e. The van der Waals surface area contributed by atoms with Crippen molar-refractivity contribution in [1.82, 2.24) is 15.1 Å². The molecule has 246 valence electrons. The van der Waals surface area contributed by atoms with Crippen LogP contribution in [0.15, 0.2) is 72.8 Å². The lowest BCUT2D eigenvalue weighted by atomic mass is 9.93. The van der Waals surface area contributed by atoms with Crippen molar-refractivity contribution in [2.45, 2.75) is 57.3 Å². The van der Waals surface area contributed by atoms with Crippen LogP contribution in [0.25, 0.3) is 0 Å². The maximum absolute atomic E-state index is 13.3. The normalized spacial score (nSPS) is 16.6. The number of sulfonamides is 1. The third kappa shape index (κ3) is 8.34. The van der Waals surface area contributed by atoms with Gasteiger partial charge in [0, 0.05) is 47.8 Å². The van der Waals surface area contributed by atoms with Crippen molar-refractivity contribution >= 4 is 50.9 Å². The molecule has 2 heterocycles. The summed E-state index contributed by atoms with van der Waals surface area (Å²) in [6.45, 7) is 7.41. The molecule has 2 saturated heterocycles. The van der Waals surface area contributed by atoms with Gasteiger partial charge in [-0.05, 0) is 87.2 Å². The van der Waals surface area contributed by atoms with E-state index in [1.165, 1.54) is 10.6 Å². The molecule has 3 aromatic rings. The highest BCUT2D eigenvalue weighted by Gasteiger charge is 2.41. The summed E-state index contributed by atoms with van der Waals surface area (Å²) in [5.74, 6) is -0.285. The summed E-state index contributed by atoms with van der Waals surface area (Å²) in [5.41, 5.74) is 2.31. The van der Waals surface area contributed by atoms with Gasteiger partial charge in [-0.15, -0.1) is 0 Å². The maximum atomic E-state index is 13.3. The first-order chi connectivity index (χ1) is 21.7. The maximum Gasteiger partial charge on any atom is 0.410 e. The van der Waals surface area contributed by atoms with Gasteiger partial charge in [-0.25, -0.2) is 13.2 Å². The van der Waals surface area contributed by atoms with Gasteiger partial charge >= 0.3 is 6.09 Å². The second kappa shape index (κ2) is 13.8. The molecule has 0 aromatic heterocycles. The molecule has 1 N–H and O–H groups in total. The number of likely N-dealkylation sites (tertiary alicyclic amines) is 2. The Morgan fingerprint density at radius 2 is 1.46 bits per heavy atom. The van der Waals surface area contributed by atoms with Gasteiger partial charge in [-0.2, -0.15) is 0 Å². The minimum absolute atomic E-state index is 0.112. The Bertz CT molecular complexity index is 1600. The van der Waals surface area contributed by atoms with Crippen LogP contribution in [0.2, 0.25) is 10.0 Å². The average molecular weight is 688 g/mol. The van der Waals surface area contributed by atoms with Crippen molar-refractivity contribution in [1.29, 1.82) is 0 Å². The van der Waals surface area contributed by atoms with E-state index < -0.39 is 15.6 Å². The number of nitrogens with one attached hydrogen (secondary N) is 1. The molecule has 0 spiro atoms. The predicted molar refractivity (Wildman–Crippen MR) is 182 cm³/mol. The number of hydrogen-bond donors (Lipinski definition) is 1. The van der Waals surface area contributed by atoms with Crippen LogP contribution in [0.1, 0.15) is 61.1 Å². The van der Waals surface area contributed by atoms with E-state index in [0.29, 0.717) is 60.3 Å². The molecule has 5 rings (SSSR count). The van der Waals surface area contributed by atoms with E-state index in [2.05, 4.69) is 10.2 Å². The molecule has 0 aliphatic carbocycles. The summed E-state index contributed by atoms with van der Waals surface area (Å²) in [5, 5.41) is 4.33. The largest absolute Gasteiger partial charge is 0.444 e. The topological polar surface area (TPSA) is 99.3 Å². The highest BCUT2D eigenvalue weighted by molar-refractivity contribution is 7.92. The number of benzene rings is 3. The van der Waals surface area contributed by atoms with E-state index in [9.17, 15) is 18.0 Å². The van der Waals surface area contributed by atoms with Gasteiger partial charge < -0.3 is 15.0 Å². The Hall–Kier alpha value is -3.31. The van der Waals surface area contributed by atoms with Crippen LogP contribution >= 0.6 is 23.2 Å². The van der Waals surface area contributed by atoms with Crippen LogP contribution in [0, 0.1) is 0 Å². The highest BCUT2D eigenvalue weighted by atomic mass is 35.5. The Morgan fingerprint density at radius 1 is 0.913 bits per heavy atom. The van der Waals surface area contributed by atoms with Crippen molar-refractivity contribution in [3.8, 4) is 0 Å². The van der Waals surface area contributed by atoms with Crippen molar-refractivity contribution in [3.05, 3.63) is 99.5 Å². The quantitative estimate of drug-likeness (QED) is 0.296. The standard InChI is InChI=1S/C34H40Cl2N4O5S/c1-34(2,3)45-33(42)38-18-16-28(17-19-38)37-32(41)25-6-5-7-29(20-25)40(46(4,43)44)30-21-39(22-30)31(23-8-12-26(35)13-9-23)24-10-14-27(36)15-11-24/h5-15,20,28,30-31H,16-19,21-22H2,1-4H3,(H,37,41). The second-order valence-electron chi connectivity index (χ2n) is 12.9. The molecule has 2 amide bonds. The van der Waals surface area contributed by atoms with E-state index in [-0.39, 0.29) is 30.1 Å². The zero-order chi connectivity index (χ0) is 33.2. The summed E-state index contributed by atoms with van der Waals surface area (Å²) in [6, 6.07) is 21.5. The zero-order valence-electron chi connectivity index (χ0n) is 26.4. The number of ether oxygens (including phenoxy) is 1. The lowest BCUT2D eigenvalue weighted by Gasteiger charge is -2.48. The van der Waals surface area contributed by atoms with Gasteiger partial charge in [0.2, 0.25) is 10.0 Å². The van der Waals surface area contributed by atoms with Crippen LogP contribution in [0.4, 0.5) is 10.5 Å². The molecular weight excluding hydrogens is 647 g/mol. The van der Waals surface area contributed by atoms with Crippen molar-refractivity contribution in [2.24, 2.45) is 0 Å². The number of piperidine rings is 1. The molecule has 2 aliphatic heterocycles. The summed E-state index contributed by atoms with van der Waals surface area (Å²) in [4.78, 5) is 29.6. The van der Waals surface area contributed by atoms with Gasteiger partial charge in [-0.3, -0.25) is 14.0 Å². The average Bonchev–Trinajstić information content (AvgIpc) is 2.96. The predicted octanol–water partition coefficient (Wildman–Crippen LogP) is 6.36. The first kappa shape index (κ1) is 34.0. The Morgan fingerprint density at radius 3 is 1.96 bits per heavy atom. The van der Waals surface area contributed by atoms with Crippen LogP contribution in [0.3, 0.4) is 0 Å². The van der Waals surface area contributed by atoms with Gasteiger partial charge in [0.25, 0.3) is 5.91 Å². The Balaban J connectivity index is 1.27. The number of carbonyl (C=O) groups is 2. The number of amides is 2. The molecule has 3 aromatic carbocycles. The lowest BCUT2D eigenvalue weighted by Crippen LogP contribution is -2.61. The minimum atomic E-state index is -3.67. The fraction of sp³-hybridized carbons (Fsp3) is 0.412. The fourth-order valence-corrected chi connectivity index (χ4v) is 7.43. The van der Waals surface area contributed by atoms with Gasteiger partial charge in [0.05, 0.1) is 24.0 Å². The van der Waals surface area contributed by atoms with Crippen molar-refractivity contribution in [2.75, 3.05) is 36.7 Å². The van der Waals surface area contributed by atoms with E-state index in [1.807, 2.05) is 69.3 Å². The fourth-order valence-electron chi connectivity index (χ4n) is 6.01. The minimum Gasteiger partial charge on any atom is -0.444 e. The Kier molecular flexibility index (Phi) is 10.2. The Labute approximate surface area is 281 Å². The molecular formula is C34H40Cl2N4O5S. The van der Waals surface area contributed by atoms with Crippen molar-refractivity contribution < 1.29 is 22.7 Å². The summed E-state index contributed by atoms with van der Waals surface area (Å²) in [7, 11) is -3.67.